The highest BCUT2D eigenvalue weighted by Gasteiger charge is 2.24. The average molecular weight is 349 g/mol. The van der Waals surface area contributed by atoms with Crippen molar-refractivity contribution in [1.29, 1.82) is 0 Å². The van der Waals surface area contributed by atoms with Crippen LogP contribution in [0, 0.1) is 11.7 Å². The zero-order valence-corrected chi connectivity index (χ0v) is 14.0. The molecule has 1 aliphatic rings. The normalized spacial score (nSPS) is 17.3. The van der Waals surface area contributed by atoms with Crippen LogP contribution in [0.1, 0.15) is 23.8 Å². The molecule has 1 aromatic carbocycles. The lowest BCUT2D eigenvalue weighted by Crippen LogP contribution is -2.08. The van der Waals surface area contributed by atoms with E-state index in [0.29, 0.717) is 17.5 Å². The van der Waals surface area contributed by atoms with Crippen molar-refractivity contribution in [2.75, 3.05) is 0 Å². The van der Waals surface area contributed by atoms with Crippen LogP contribution in [0.15, 0.2) is 24.5 Å². The van der Waals surface area contributed by atoms with Crippen molar-refractivity contribution in [3.63, 3.8) is 0 Å². The van der Waals surface area contributed by atoms with Crippen molar-refractivity contribution in [3.05, 3.63) is 45.8 Å². The van der Waals surface area contributed by atoms with E-state index in [1.165, 1.54) is 35.0 Å². The molecular weight excluding hydrogens is 335 g/mol. The van der Waals surface area contributed by atoms with Crippen LogP contribution in [-0.4, -0.2) is 9.97 Å². The first-order chi connectivity index (χ1) is 11.1. The summed E-state index contributed by atoms with van der Waals surface area (Å²) in [5.41, 5.74) is 1.29. The summed E-state index contributed by atoms with van der Waals surface area (Å²) in [7, 11) is 0. The molecule has 0 unspecified atom stereocenters. The largest absolute Gasteiger partial charge is 0.437 e. The predicted octanol–water partition coefficient (Wildman–Crippen LogP) is 5.40. The van der Waals surface area contributed by atoms with Crippen LogP contribution < -0.4 is 4.74 Å². The molecule has 0 bridgehead atoms. The number of aryl methyl sites for hydroxylation is 1. The second-order valence-electron chi connectivity index (χ2n) is 5.89. The minimum atomic E-state index is -0.392. The molecule has 2 aromatic heterocycles. The summed E-state index contributed by atoms with van der Waals surface area (Å²) in [6, 6.07) is 4.08. The molecule has 0 radical (unpaired) electrons. The maximum Gasteiger partial charge on any atom is 0.231 e. The minimum absolute atomic E-state index is 0.231. The van der Waals surface area contributed by atoms with E-state index < -0.39 is 5.82 Å². The molecule has 0 saturated carbocycles. The maximum absolute atomic E-state index is 13.2. The molecule has 0 spiro atoms. The minimum Gasteiger partial charge on any atom is -0.437 e. The van der Waals surface area contributed by atoms with Gasteiger partial charge in [0.05, 0.1) is 10.4 Å². The number of rotatable bonds is 2. The van der Waals surface area contributed by atoms with Crippen LogP contribution in [0.25, 0.3) is 10.2 Å². The third kappa shape index (κ3) is 2.68. The van der Waals surface area contributed by atoms with Crippen LogP contribution in [0.2, 0.25) is 5.02 Å². The molecule has 1 atom stereocenters. The fourth-order valence-corrected chi connectivity index (χ4v) is 4.53. The second kappa shape index (κ2) is 5.73. The molecule has 0 saturated heterocycles. The number of aromatic nitrogens is 2. The van der Waals surface area contributed by atoms with Crippen molar-refractivity contribution >= 4 is 33.2 Å². The Morgan fingerprint density at radius 1 is 1.35 bits per heavy atom. The molecule has 0 amide bonds. The molecule has 3 aromatic rings. The summed E-state index contributed by atoms with van der Waals surface area (Å²) >= 11 is 7.77. The van der Waals surface area contributed by atoms with E-state index in [4.69, 9.17) is 16.3 Å². The van der Waals surface area contributed by atoms with Crippen molar-refractivity contribution in [1.82, 2.24) is 9.97 Å². The van der Waals surface area contributed by atoms with Crippen molar-refractivity contribution in [3.8, 4) is 11.6 Å². The molecule has 4 rings (SSSR count). The molecule has 6 heteroatoms. The first-order valence-electron chi connectivity index (χ1n) is 7.50. The zero-order chi connectivity index (χ0) is 16.0. The van der Waals surface area contributed by atoms with E-state index in [0.717, 1.165) is 29.5 Å². The third-order valence-electron chi connectivity index (χ3n) is 4.16. The number of halogens is 2. The Bertz CT molecular complexity index is 896. The van der Waals surface area contributed by atoms with Gasteiger partial charge in [-0.15, -0.1) is 11.3 Å². The van der Waals surface area contributed by atoms with Gasteiger partial charge >= 0.3 is 0 Å². The number of thiophene rings is 1. The van der Waals surface area contributed by atoms with Crippen molar-refractivity contribution in [2.24, 2.45) is 5.92 Å². The molecule has 0 aliphatic heterocycles. The predicted molar refractivity (Wildman–Crippen MR) is 90.1 cm³/mol. The second-order valence-corrected chi connectivity index (χ2v) is 7.38. The Hall–Kier alpha value is -1.72. The van der Waals surface area contributed by atoms with Crippen LogP contribution in [-0.2, 0) is 12.8 Å². The fraction of sp³-hybridized carbons (Fsp3) is 0.294. The number of ether oxygens (including phenoxy) is 1. The van der Waals surface area contributed by atoms with Gasteiger partial charge in [-0.25, -0.2) is 14.4 Å². The van der Waals surface area contributed by atoms with Crippen molar-refractivity contribution < 1.29 is 9.13 Å². The molecule has 0 fully saturated rings. The Labute approximate surface area is 142 Å². The summed E-state index contributed by atoms with van der Waals surface area (Å²) in [5, 5.41) is 1.20. The maximum atomic E-state index is 13.2. The van der Waals surface area contributed by atoms with E-state index in [1.807, 2.05) is 0 Å². The van der Waals surface area contributed by atoms with Gasteiger partial charge in [0.1, 0.15) is 22.7 Å². The van der Waals surface area contributed by atoms with Gasteiger partial charge in [-0.2, -0.15) is 0 Å². The number of benzene rings is 1. The van der Waals surface area contributed by atoms with Gasteiger partial charge in [0.2, 0.25) is 5.88 Å². The highest BCUT2D eigenvalue weighted by molar-refractivity contribution is 7.18. The Balaban J connectivity index is 1.81. The Morgan fingerprint density at radius 3 is 3.04 bits per heavy atom. The summed E-state index contributed by atoms with van der Waals surface area (Å²) in [4.78, 5) is 11.0. The lowest BCUT2D eigenvalue weighted by molar-refractivity contribution is 0.465. The van der Waals surface area contributed by atoms with Gasteiger partial charge in [-0.1, -0.05) is 18.5 Å². The number of fused-ring (bicyclic) bond motifs is 3. The lowest BCUT2D eigenvalue weighted by atomic mass is 9.89. The van der Waals surface area contributed by atoms with Gasteiger partial charge in [0.25, 0.3) is 0 Å². The fourth-order valence-electron chi connectivity index (χ4n) is 2.99. The zero-order valence-electron chi connectivity index (χ0n) is 12.5. The van der Waals surface area contributed by atoms with Crippen LogP contribution in [0.3, 0.4) is 0 Å². The van der Waals surface area contributed by atoms with Crippen LogP contribution >= 0.6 is 22.9 Å². The SMILES string of the molecule is C[C@@H]1CCc2c(sc3ncnc(Oc4ccc(F)cc4Cl)c23)C1. The smallest absolute Gasteiger partial charge is 0.231 e. The van der Waals surface area contributed by atoms with E-state index in [1.54, 1.807) is 11.3 Å². The Morgan fingerprint density at radius 2 is 2.22 bits per heavy atom. The van der Waals surface area contributed by atoms with Gasteiger partial charge in [0.15, 0.2) is 0 Å². The molecule has 118 valence electrons. The summed E-state index contributed by atoms with van der Waals surface area (Å²) < 4.78 is 19.1. The van der Waals surface area contributed by atoms with Gasteiger partial charge in [0, 0.05) is 4.88 Å². The van der Waals surface area contributed by atoms with Crippen molar-refractivity contribution in [2.45, 2.75) is 26.2 Å². The van der Waals surface area contributed by atoms with Crippen LogP contribution in [0.4, 0.5) is 4.39 Å². The summed E-state index contributed by atoms with van der Waals surface area (Å²) in [5.74, 6) is 1.20. The standard InChI is InChI=1S/C17H14ClFN2OS/c1-9-2-4-11-14(6-9)23-17-15(11)16(20-8-21-17)22-13-5-3-10(19)7-12(13)18/h3,5,7-9H,2,4,6H2,1H3/t9-/m1/s1. The summed E-state index contributed by atoms with van der Waals surface area (Å²) in [6.45, 7) is 2.27. The lowest BCUT2D eigenvalue weighted by Gasteiger charge is -2.18. The first-order valence-corrected chi connectivity index (χ1v) is 8.69. The first kappa shape index (κ1) is 14.8. The number of nitrogens with zero attached hydrogens (tertiary/aromatic N) is 2. The van der Waals surface area contributed by atoms with E-state index in [-0.39, 0.29) is 5.02 Å². The molecule has 23 heavy (non-hydrogen) atoms. The average Bonchev–Trinajstić information content (AvgIpc) is 2.88. The molecular formula is C17H14ClFN2OS. The highest BCUT2D eigenvalue weighted by Crippen LogP contribution is 2.42. The Kier molecular flexibility index (Phi) is 3.70. The topological polar surface area (TPSA) is 35.0 Å². The third-order valence-corrected chi connectivity index (χ3v) is 5.62. The summed E-state index contributed by atoms with van der Waals surface area (Å²) in [6.07, 6.45) is 4.75. The number of hydrogen-bond acceptors (Lipinski definition) is 4. The van der Waals surface area contributed by atoms with Gasteiger partial charge in [-0.3, -0.25) is 0 Å². The number of hydrogen-bond donors (Lipinski definition) is 0. The van der Waals surface area contributed by atoms with E-state index in [9.17, 15) is 4.39 Å². The molecule has 1 aliphatic carbocycles. The quantitative estimate of drug-likeness (QED) is 0.621. The van der Waals surface area contributed by atoms with Crippen LogP contribution in [0.5, 0.6) is 11.6 Å². The monoisotopic (exact) mass is 348 g/mol. The van der Waals surface area contributed by atoms with E-state index in [2.05, 4.69) is 16.9 Å². The van der Waals surface area contributed by atoms with Gasteiger partial charge in [-0.05, 0) is 48.9 Å². The molecule has 2 heterocycles. The molecule has 3 nitrogen and oxygen atoms in total. The molecule has 0 N–H and O–H groups in total. The van der Waals surface area contributed by atoms with E-state index >= 15 is 0 Å². The highest BCUT2D eigenvalue weighted by atomic mass is 35.5. The van der Waals surface area contributed by atoms with Gasteiger partial charge < -0.3 is 4.74 Å².